The van der Waals surface area contributed by atoms with E-state index in [-0.39, 0.29) is 42.1 Å². The maximum absolute atomic E-state index is 8.36. The smallest absolute Gasteiger partial charge is 0.291 e. The largest absolute Gasteiger partial charge is 0.366 e. The Hall–Kier alpha value is -2.92. The topological polar surface area (TPSA) is 127 Å². The van der Waals surface area contributed by atoms with Crippen LogP contribution in [0.4, 0.5) is 0 Å². The van der Waals surface area contributed by atoms with Crippen LogP contribution in [0.25, 0.3) is 21.5 Å². The molecular weight excluding hydrogens is 730 g/mol. The van der Waals surface area contributed by atoms with Gasteiger partial charge in [0.2, 0.25) is 0 Å². The van der Waals surface area contributed by atoms with Crippen LogP contribution in [-0.2, 0) is 42.1 Å². The molecule has 0 atom stereocenters. The molecule has 0 aliphatic heterocycles. The van der Waals surface area contributed by atoms with Crippen molar-refractivity contribution in [3.8, 4) is 11.8 Å². The zero-order chi connectivity index (χ0) is 19.7. The van der Waals surface area contributed by atoms with Crippen molar-refractivity contribution < 1.29 is 62.7 Å². The van der Waals surface area contributed by atoms with Gasteiger partial charge in [0.05, 0.1) is 0 Å². The molecule has 10 heteroatoms. The van der Waals surface area contributed by atoms with Gasteiger partial charge in [0.15, 0.2) is 0 Å². The van der Waals surface area contributed by atoms with E-state index >= 15 is 0 Å². The summed E-state index contributed by atoms with van der Waals surface area (Å²) < 4.78 is 0. The maximum atomic E-state index is 8.36. The van der Waals surface area contributed by atoms with Gasteiger partial charge in [-0.3, -0.25) is 11.8 Å². The van der Waals surface area contributed by atoms with Gasteiger partial charge < -0.3 is 23.3 Å². The van der Waals surface area contributed by atoms with Crippen LogP contribution in [0.3, 0.4) is 0 Å². The number of benzene rings is 3. The van der Waals surface area contributed by atoms with Gasteiger partial charge in [0.25, 0.3) is 10.2 Å². The first-order chi connectivity index (χ1) is 12.3. The second-order valence-electron chi connectivity index (χ2n) is 4.66. The number of fused-ring (bicyclic) bond motifs is 3. The molecule has 0 radical (unpaired) electrons. The molecule has 3 aromatic rings. The van der Waals surface area contributed by atoms with Crippen LogP contribution in [-0.4, -0.2) is 20.6 Å². The molecule has 0 unspecified atom stereocenters. The Morgan fingerprint density at radius 3 is 1.21 bits per heavy atom. The fraction of sp³-hybridized carbons (Fsp3) is 0. The zero-order valence-corrected chi connectivity index (χ0v) is 18.2. The molecule has 0 aliphatic carbocycles. The van der Waals surface area contributed by atoms with E-state index in [1.807, 2.05) is 36.4 Å². The van der Waals surface area contributed by atoms with Crippen LogP contribution >= 0.6 is 0 Å². The quantitative estimate of drug-likeness (QED) is 0.120. The molecule has 8 nitrogen and oxygen atoms in total. The fourth-order valence-corrected chi connectivity index (χ4v) is 2.20. The van der Waals surface area contributed by atoms with Crippen LogP contribution in [0.2, 0.25) is 0 Å². The molecule has 0 saturated carbocycles. The van der Waals surface area contributed by atoms with Gasteiger partial charge >= 0.3 is 0 Å². The minimum atomic E-state index is -1.50. The SMILES string of the molecule is O=[N+]([O-])O.O=[N+]([O-])O.[C-]#Cc1ccc2ccc3ccc(C#[C-])cc3c2c1.[Pt].[Pt]. The third kappa shape index (κ3) is 8.64. The molecule has 0 spiro atoms. The average molecular weight is 740 g/mol. The predicted octanol–water partition coefficient (Wildman–Crippen LogP) is 3.17. The van der Waals surface area contributed by atoms with E-state index in [4.69, 9.17) is 43.5 Å². The van der Waals surface area contributed by atoms with Gasteiger partial charge in [-0.05, 0) is 21.5 Å². The number of hydrogen-bond acceptors (Lipinski definition) is 4. The summed E-state index contributed by atoms with van der Waals surface area (Å²) in [6, 6.07) is 15.8. The summed E-state index contributed by atoms with van der Waals surface area (Å²) in [6.07, 6.45) is 14.4. The summed E-state index contributed by atoms with van der Waals surface area (Å²) in [6.45, 7) is 0. The number of hydrogen-bond donors (Lipinski definition) is 2. The second-order valence-corrected chi connectivity index (χ2v) is 4.66. The van der Waals surface area contributed by atoms with Crippen molar-refractivity contribution in [1.82, 2.24) is 0 Å². The Balaban J connectivity index is 0. The van der Waals surface area contributed by atoms with Gasteiger partial charge in [0, 0.05) is 42.1 Å². The van der Waals surface area contributed by atoms with Gasteiger partial charge in [-0.15, -0.1) is 55.6 Å². The van der Waals surface area contributed by atoms with Crippen LogP contribution in [0.5, 0.6) is 0 Å². The van der Waals surface area contributed by atoms with Crippen molar-refractivity contribution in [1.29, 1.82) is 0 Å². The Labute approximate surface area is 188 Å². The van der Waals surface area contributed by atoms with Gasteiger partial charge in [-0.2, -0.15) is 0 Å². The van der Waals surface area contributed by atoms with E-state index in [2.05, 4.69) is 24.0 Å². The molecule has 0 heterocycles. The molecule has 0 amide bonds. The normalized spacial score (nSPS) is 8.21. The monoisotopic (exact) mass is 740 g/mol. The zero-order valence-electron chi connectivity index (χ0n) is 13.7. The molecule has 2 N–H and O–H groups in total. The van der Waals surface area contributed by atoms with Crippen LogP contribution < -0.4 is 0 Å². The van der Waals surface area contributed by atoms with Crippen LogP contribution in [0.15, 0.2) is 48.5 Å². The Morgan fingerprint density at radius 2 is 0.964 bits per heavy atom. The van der Waals surface area contributed by atoms with Crippen molar-refractivity contribution in [2.75, 3.05) is 0 Å². The Bertz CT molecular complexity index is 965. The first-order valence-corrected chi connectivity index (χ1v) is 6.77. The van der Waals surface area contributed by atoms with Gasteiger partial charge in [0.1, 0.15) is 0 Å². The predicted molar refractivity (Wildman–Crippen MR) is 91.5 cm³/mol. The molecule has 150 valence electrons. The van der Waals surface area contributed by atoms with Crippen molar-refractivity contribution in [3.05, 3.63) is 92.7 Å². The molecule has 0 aliphatic rings. The molecule has 0 fully saturated rings. The van der Waals surface area contributed by atoms with E-state index < -0.39 is 10.2 Å². The summed E-state index contributed by atoms with van der Waals surface area (Å²) in [5.41, 5.74) is 1.53. The molecule has 0 aromatic heterocycles. The van der Waals surface area contributed by atoms with Crippen molar-refractivity contribution in [3.63, 3.8) is 0 Å². The summed E-state index contributed by atoms with van der Waals surface area (Å²) in [7, 11) is 0. The Morgan fingerprint density at radius 1 is 0.714 bits per heavy atom. The summed E-state index contributed by atoms with van der Waals surface area (Å²) in [4.78, 5) is 16.7. The van der Waals surface area contributed by atoms with E-state index in [0.29, 0.717) is 0 Å². The number of rotatable bonds is 0. The minimum absolute atomic E-state index is 0. The molecule has 3 aromatic carbocycles. The number of nitrogens with zero attached hydrogens (tertiary/aromatic N) is 2. The van der Waals surface area contributed by atoms with E-state index in [1.165, 1.54) is 0 Å². The van der Waals surface area contributed by atoms with Crippen molar-refractivity contribution in [2.45, 2.75) is 0 Å². The van der Waals surface area contributed by atoms with E-state index in [1.54, 1.807) is 0 Å². The first kappa shape index (κ1) is 27.3. The molecular formula is C18H10N2O6Pt2-2. The average Bonchev–Trinajstić information content (AvgIpc) is 2.59. The third-order valence-electron chi connectivity index (χ3n) is 3.13. The summed E-state index contributed by atoms with van der Waals surface area (Å²) >= 11 is 0. The molecule has 3 rings (SSSR count). The van der Waals surface area contributed by atoms with Gasteiger partial charge in [-0.1, -0.05) is 24.3 Å². The second kappa shape index (κ2) is 13.3. The van der Waals surface area contributed by atoms with E-state index in [0.717, 1.165) is 32.7 Å². The molecule has 28 heavy (non-hydrogen) atoms. The van der Waals surface area contributed by atoms with E-state index in [9.17, 15) is 0 Å². The van der Waals surface area contributed by atoms with Crippen LogP contribution in [0, 0.1) is 44.9 Å². The minimum Gasteiger partial charge on any atom is -0.366 e. The summed E-state index contributed by atoms with van der Waals surface area (Å²) in [5.74, 6) is 4.82. The van der Waals surface area contributed by atoms with Gasteiger partial charge in [-0.25, -0.2) is 0 Å². The fourth-order valence-electron chi connectivity index (χ4n) is 2.20. The van der Waals surface area contributed by atoms with Crippen molar-refractivity contribution in [2.24, 2.45) is 0 Å². The molecule has 0 bridgehead atoms. The standard InChI is InChI=1S/C18H8.2HNO3.2Pt/c1-3-13-5-7-15-9-10-16-8-6-14(4-2)12-18(16)17(15)11-13;2*2-1(3)4;;/h5-12H;2*(H,2,3,4);;/q-2;;;;. The first-order valence-electron chi connectivity index (χ1n) is 6.77. The van der Waals surface area contributed by atoms with Crippen LogP contribution in [0.1, 0.15) is 11.1 Å². The molecule has 0 saturated heterocycles. The van der Waals surface area contributed by atoms with Crippen molar-refractivity contribution >= 4 is 21.5 Å². The summed E-state index contributed by atoms with van der Waals surface area (Å²) in [5, 5.41) is 31.7. The maximum Gasteiger partial charge on any atom is 0.291 e. The Kier molecular flexibility index (Phi) is 12.9. The third-order valence-corrected chi connectivity index (χ3v) is 3.13.